The van der Waals surface area contributed by atoms with Crippen molar-refractivity contribution in [2.45, 2.75) is 25.7 Å². The molecular formula is C15H19NO3. The van der Waals surface area contributed by atoms with Gasteiger partial charge in [-0.25, -0.2) is 0 Å². The Morgan fingerprint density at radius 1 is 1.47 bits per heavy atom. The molecule has 0 aromatic heterocycles. The van der Waals surface area contributed by atoms with Crippen molar-refractivity contribution in [3.63, 3.8) is 0 Å². The molecule has 2 aliphatic heterocycles. The quantitative estimate of drug-likeness (QED) is 0.885. The highest BCUT2D eigenvalue weighted by atomic mass is 16.5. The van der Waals surface area contributed by atoms with Crippen molar-refractivity contribution in [2.75, 3.05) is 25.1 Å². The van der Waals surface area contributed by atoms with Crippen LogP contribution in [-0.2, 0) is 17.6 Å². The maximum absolute atomic E-state index is 10.8. The van der Waals surface area contributed by atoms with Crippen molar-refractivity contribution < 1.29 is 14.6 Å². The molecule has 3 rings (SSSR count). The number of carboxylic acids is 1. The van der Waals surface area contributed by atoms with Gasteiger partial charge in [0.15, 0.2) is 0 Å². The van der Waals surface area contributed by atoms with Gasteiger partial charge in [0.1, 0.15) is 5.75 Å². The van der Waals surface area contributed by atoms with Gasteiger partial charge in [-0.05, 0) is 30.4 Å². The minimum atomic E-state index is -0.741. The van der Waals surface area contributed by atoms with Crippen LogP contribution in [0.15, 0.2) is 12.1 Å². The van der Waals surface area contributed by atoms with E-state index in [4.69, 9.17) is 9.84 Å². The third kappa shape index (κ3) is 2.39. The van der Waals surface area contributed by atoms with Crippen LogP contribution in [0.3, 0.4) is 0 Å². The second kappa shape index (κ2) is 4.76. The van der Waals surface area contributed by atoms with Crippen LogP contribution in [0.2, 0.25) is 0 Å². The summed E-state index contributed by atoms with van der Waals surface area (Å²) in [5.74, 6) is 0.299. The molecule has 19 heavy (non-hydrogen) atoms. The monoisotopic (exact) mass is 261 g/mol. The zero-order valence-electron chi connectivity index (χ0n) is 11.2. The lowest BCUT2D eigenvalue weighted by molar-refractivity contribution is -0.138. The van der Waals surface area contributed by atoms with Crippen LogP contribution in [0.1, 0.15) is 24.0 Å². The average molecular weight is 261 g/mol. The Hall–Kier alpha value is -1.71. The standard InChI is InChI=1S/C15H19NO3/c1-16-4-2-3-11-7-12-5-10(6-15(17)18)9-19-14(12)8-13(11)16/h7-8,10H,2-6,9H2,1H3,(H,17,18). The first-order valence-corrected chi connectivity index (χ1v) is 6.85. The molecule has 0 bridgehead atoms. The third-order valence-corrected chi connectivity index (χ3v) is 4.06. The molecule has 2 aliphatic rings. The number of benzene rings is 1. The minimum Gasteiger partial charge on any atom is -0.493 e. The van der Waals surface area contributed by atoms with Gasteiger partial charge < -0.3 is 14.7 Å². The van der Waals surface area contributed by atoms with E-state index < -0.39 is 5.97 Å². The lowest BCUT2D eigenvalue weighted by Crippen LogP contribution is -2.27. The van der Waals surface area contributed by atoms with Crippen LogP contribution in [0, 0.1) is 5.92 Å². The zero-order valence-corrected chi connectivity index (χ0v) is 11.2. The molecule has 4 heteroatoms. The highest BCUT2D eigenvalue weighted by Gasteiger charge is 2.25. The van der Waals surface area contributed by atoms with Crippen LogP contribution in [-0.4, -0.2) is 31.3 Å². The number of fused-ring (bicyclic) bond motifs is 2. The number of ether oxygens (including phenoxy) is 1. The molecule has 1 unspecified atom stereocenters. The molecule has 0 fully saturated rings. The summed E-state index contributed by atoms with van der Waals surface area (Å²) >= 11 is 0. The van der Waals surface area contributed by atoms with Crippen molar-refractivity contribution in [3.8, 4) is 5.75 Å². The molecular weight excluding hydrogens is 242 g/mol. The molecule has 0 spiro atoms. The molecule has 0 saturated heterocycles. The summed E-state index contributed by atoms with van der Waals surface area (Å²) in [4.78, 5) is 13.1. The normalized spacial score (nSPS) is 21.3. The van der Waals surface area contributed by atoms with Crippen LogP contribution < -0.4 is 9.64 Å². The fourth-order valence-electron chi connectivity index (χ4n) is 3.10. The first-order chi connectivity index (χ1) is 9.13. The van der Waals surface area contributed by atoms with E-state index in [1.165, 1.54) is 23.2 Å². The molecule has 0 aliphatic carbocycles. The summed E-state index contributed by atoms with van der Waals surface area (Å²) < 4.78 is 5.76. The van der Waals surface area contributed by atoms with Gasteiger partial charge >= 0.3 is 5.97 Å². The fraction of sp³-hybridized carbons (Fsp3) is 0.533. The largest absolute Gasteiger partial charge is 0.493 e. The van der Waals surface area contributed by atoms with Gasteiger partial charge in [-0.1, -0.05) is 6.07 Å². The summed E-state index contributed by atoms with van der Waals surface area (Å²) in [6, 6.07) is 4.34. The summed E-state index contributed by atoms with van der Waals surface area (Å²) in [5.41, 5.74) is 3.81. The van der Waals surface area contributed by atoms with Crippen LogP contribution in [0.5, 0.6) is 5.75 Å². The van der Waals surface area contributed by atoms with Crippen LogP contribution in [0.4, 0.5) is 5.69 Å². The summed E-state index contributed by atoms with van der Waals surface area (Å²) in [6.07, 6.45) is 3.30. The Balaban J connectivity index is 1.87. The molecule has 4 nitrogen and oxygen atoms in total. The van der Waals surface area contributed by atoms with Crippen molar-refractivity contribution in [1.82, 2.24) is 0 Å². The maximum atomic E-state index is 10.8. The predicted molar refractivity (Wildman–Crippen MR) is 73.0 cm³/mol. The Bertz CT molecular complexity index is 512. The Labute approximate surface area is 113 Å². The smallest absolute Gasteiger partial charge is 0.303 e. The number of hydrogen-bond acceptors (Lipinski definition) is 3. The summed E-state index contributed by atoms with van der Waals surface area (Å²) in [7, 11) is 2.11. The first-order valence-electron chi connectivity index (χ1n) is 6.85. The highest BCUT2D eigenvalue weighted by molar-refractivity contribution is 5.67. The molecule has 0 saturated carbocycles. The second-order valence-corrected chi connectivity index (χ2v) is 5.59. The van der Waals surface area contributed by atoms with Crippen molar-refractivity contribution in [3.05, 3.63) is 23.3 Å². The number of nitrogens with zero attached hydrogens (tertiary/aromatic N) is 1. The maximum Gasteiger partial charge on any atom is 0.303 e. The van der Waals surface area contributed by atoms with E-state index in [1.54, 1.807) is 0 Å². The van der Waals surface area contributed by atoms with Crippen molar-refractivity contribution in [1.29, 1.82) is 0 Å². The molecule has 2 heterocycles. The zero-order chi connectivity index (χ0) is 13.4. The Morgan fingerprint density at radius 2 is 2.32 bits per heavy atom. The molecule has 1 aromatic rings. The third-order valence-electron chi connectivity index (χ3n) is 4.06. The van der Waals surface area contributed by atoms with Gasteiger partial charge in [0.05, 0.1) is 13.0 Å². The van der Waals surface area contributed by atoms with Gasteiger partial charge in [-0.15, -0.1) is 0 Å². The number of rotatable bonds is 2. The predicted octanol–water partition coefficient (Wildman–Crippen LogP) is 2.09. The number of carboxylic acid groups (broad SMARTS) is 1. The summed E-state index contributed by atoms with van der Waals surface area (Å²) in [6.45, 7) is 1.61. The molecule has 1 aromatic carbocycles. The molecule has 1 atom stereocenters. The number of aryl methyl sites for hydroxylation is 1. The van der Waals surface area contributed by atoms with E-state index in [-0.39, 0.29) is 12.3 Å². The van der Waals surface area contributed by atoms with Gasteiger partial charge in [0.25, 0.3) is 0 Å². The van der Waals surface area contributed by atoms with Gasteiger partial charge in [0, 0.05) is 31.3 Å². The van der Waals surface area contributed by atoms with Gasteiger partial charge in [-0.3, -0.25) is 4.79 Å². The number of hydrogen-bond donors (Lipinski definition) is 1. The van der Waals surface area contributed by atoms with E-state index in [0.29, 0.717) is 6.61 Å². The van der Waals surface area contributed by atoms with Crippen molar-refractivity contribution in [2.24, 2.45) is 5.92 Å². The van der Waals surface area contributed by atoms with E-state index in [1.807, 2.05) is 0 Å². The second-order valence-electron chi connectivity index (χ2n) is 5.59. The van der Waals surface area contributed by atoms with E-state index >= 15 is 0 Å². The number of carbonyl (C=O) groups is 1. The molecule has 1 N–H and O–H groups in total. The van der Waals surface area contributed by atoms with E-state index in [9.17, 15) is 4.79 Å². The van der Waals surface area contributed by atoms with E-state index in [0.717, 1.165) is 25.1 Å². The first kappa shape index (κ1) is 12.3. The molecule has 0 amide bonds. The Kier molecular flexibility index (Phi) is 3.09. The summed E-state index contributed by atoms with van der Waals surface area (Å²) in [5, 5.41) is 8.88. The van der Waals surface area contributed by atoms with Crippen LogP contribution >= 0.6 is 0 Å². The minimum absolute atomic E-state index is 0.101. The number of aliphatic carboxylic acids is 1. The number of anilines is 1. The van der Waals surface area contributed by atoms with Gasteiger partial charge in [-0.2, -0.15) is 0 Å². The van der Waals surface area contributed by atoms with Gasteiger partial charge in [0.2, 0.25) is 0 Å². The van der Waals surface area contributed by atoms with Crippen molar-refractivity contribution >= 4 is 11.7 Å². The lowest BCUT2D eigenvalue weighted by Gasteiger charge is -2.31. The topological polar surface area (TPSA) is 49.8 Å². The van der Waals surface area contributed by atoms with Crippen LogP contribution in [0.25, 0.3) is 0 Å². The fourth-order valence-corrected chi connectivity index (χ4v) is 3.10. The molecule has 102 valence electrons. The average Bonchev–Trinajstić information content (AvgIpc) is 2.36. The highest BCUT2D eigenvalue weighted by Crippen LogP contribution is 2.37. The van der Waals surface area contributed by atoms with E-state index in [2.05, 4.69) is 24.1 Å². The Morgan fingerprint density at radius 3 is 3.11 bits per heavy atom. The molecule has 0 radical (unpaired) electrons. The lowest BCUT2D eigenvalue weighted by atomic mass is 9.90. The SMILES string of the molecule is CN1CCCc2cc3c(cc21)OCC(CC(=O)O)C3.